The predicted octanol–water partition coefficient (Wildman–Crippen LogP) is 1.15. The summed E-state index contributed by atoms with van der Waals surface area (Å²) in [5, 5.41) is 14.6. The minimum Gasteiger partial charge on any atom is -0.357 e. The van der Waals surface area contributed by atoms with Gasteiger partial charge in [0.1, 0.15) is 11.9 Å². The first kappa shape index (κ1) is 14.3. The molecule has 0 bridgehead atoms. The SMILES string of the molecule is Cc1nn(C)c2nc(N(C)CCN(C)C)c(C#N)cc12. The smallest absolute Gasteiger partial charge is 0.160 e. The average Bonchev–Trinajstić information content (AvgIpc) is 2.69. The number of rotatable bonds is 4. The van der Waals surface area contributed by atoms with Gasteiger partial charge in [-0.05, 0) is 27.1 Å². The Morgan fingerprint density at radius 1 is 1.30 bits per heavy atom. The summed E-state index contributed by atoms with van der Waals surface area (Å²) in [5.74, 6) is 0.713. The van der Waals surface area contributed by atoms with E-state index in [0.29, 0.717) is 11.4 Å². The van der Waals surface area contributed by atoms with Crippen LogP contribution in [0.5, 0.6) is 0 Å². The van der Waals surface area contributed by atoms with Gasteiger partial charge in [-0.2, -0.15) is 10.4 Å². The first-order valence-electron chi connectivity index (χ1n) is 6.54. The predicted molar refractivity (Wildman–Crippen MR) is 79.8 cm³/mol. The van der Waals surface area contributed by atoms with Crippen molar-refractivity contribution in [2.24, 2.45) is 7.05 Å². The first-order valence-corrected chi connectivity index (χ1v) is 6.54. The van der Waals surface area contributed by atoms with Crippen molar-refractivity contribution in [1.82, 2.24) is 19.7 Å². The summed E-state index contributed by atoms with van der Waals surface area (Å²) in [6, 6.07) is 4.12. The van der Waals surface area contributed by atoms with E-state index in [1.807, 2.05) is 46.1 Å². The lowest BCUT2D eigenvalue weighted by Gasteiger charge is -2.21. The highest BCUT2D eigenvalue weighted by atomic mass is 15.3. The normalized spacial score (nSPS) is 11.1. The zero-order chi connectivity index (χ0) is 14.9. The molecule has 0 saturated heterocycles. The number of fused-ring (bicyclic) bond motifs is 1. The zero-order valence-corrected chi connectivity index (χ0v) is 12.7. The van der Waals surface area contributed by atoms with E-state index in [2.05, 4.69) is 21.1 Å². The highest BCUT2D eigenvalue weighted by Gasteiger charge is 2.15. The lowest BCUT2D eigenvalue weighted by Crippen LogP contribution is -2.29. The Kier molecular flexibility index (Phi) is 3.91. The maximum absolute atomic E-state index is 9.35. The summed E-state index contributed by atoms with van der Waals surface area (Å²) in [6.07, 6.45) is 0. The van der Waals surface area contributed by atoms with E-state index in [4.69, 9.17) is 0 Å². The van der Waals surface area contributed by atoms with Gasteiger partial charge >= 0.3 is 0 Å². The van der Waals surface area contributed by atoms with Gasteiger partial charge < -0.3 is 9.80 Å². The van der Waals surface area contributed by atoms with Gasteiger partial charge in [0.05, 0.1) is 11.3 Å². The third-order valence-electron chi connectivity index (χ3n) is 3.34. The van der Waals surface area contributed by atoms with Gasteiger partial charge in [-0.25, -0.2) is 4.98 Å². The van der Waals surface area contributed by atoms with E-state index < -0.39 is 0 Å². The molecule has 6 heteroatoms. The van der Waals surface area contributed by atoms with E-state index in [0.717, 1.165) is 29.8 Å². The van der Waals surface area contributed by atoms with Gasteiger partial charge in [-0.15, -0.1) is 0 Å². The number of nitrogens with zero attached hydrogens (tertiary/aromatic N) is 6. The van der Waals surface area contributed by atoms with Crippen molar-refractivity contribution in [2.45, 2.75) is 6.92 Å². The van der Waals surface area contributed by atoms with Crippen molar-refractivity contribution in [3.8, 4) is 6.07 Å². The van der Waals surface area contributed by atoms with Crippen LogP contribution in [0.25, 0.3) is 11.0 Å². The second-order valence-electron chi connectivity index (χ2n) is 5.28. The van der Waals surface area contributed by atoms with Crippen molar-refractivity contribution in [3.05, 3.63) is 17.3 Å². The number of aromatic nitrogens is 3. The molecule has 0 fully saturated rings. The molecule has 0 saturated carbocycles. The maximum atomic E-state index is 9.35. The van der Waals surface area contributed by atoms with Gasteiger partial charge in [0.15, 0.2) is 5.65 Å². The van der Waals surface area contributed by atoms with Crippen LogP contribution in [0, 0.1) is 18.3 Å². The van der Waals surface area contributed by atoms with Crippen LogP contribution >= 0.6 is 0 Å². The van der Waals surface area contributed by atoms with E-state index >= 15 is 0 Å². The van der Waals surface area contributed by atoms with Crippen LogP contribution in [0.4, 0.5) is 5.82 Å². The molecule has 0 amide bonds. The van der Waals surface area contributed by atoms with Gasteiger partial charge in [0, 0.05) is 32.6 Å². The molecule has 6 nitrogen and oxygen atoms in total. The lowest BCUT2D eigenvalue weighted by atomic mass is 10.2. The molecular formula is C14H20N6. The third-order valence-corrected chi connectivity index (χ3v) is 3.34. The fourth-order valence-electron chi connectivity index (χ4n) is 2.16. The monoisotopic (exact) mass is 272 g/mol. The Balaban J connectivity index is 2.46. The van der Waals surface area contributed by atoms with E-state index in [1.165, 1.54) is 0 Å². The molecule has 0 aromatic carbocycles. The second kappa shape index (κ2) is 5.47. The Labute approximate surface area is 119 Å². The van der Waals surface area contributed by atoms with Gasteiger partial charge in [-0.1, -0.05) is 0 Å². The van der Waals surface area contributed by atoms with Gasteiger partial charge in [0.2, 0.25) is 0 Å². The quantitative estimate of drug-likeness (QED) is 0.835. The van der Waals surface area contributed by atoms with E-state index in [1.54, 1.807) is 4.68 Å². The van der Waals surface area contributed by atoms with Crippen LogP contribution < -0.4 is 4.90 Å². The van der Waals surface area contributed by atoms with Gasteiger partial charge in [0.25, 0.3) is 0 Å². The second-order valence-corrected chi connectivity index (χ2v) is 5.28. The Morgan fingerprint density at radius 2 is 2.00 bits per heavy atom. The molecule has 0 radical (unpaired) electrons. The Hall–Kier alpha value is -2.13. The molecule has 2 rings (SSSR count). The molecule has 0 spiro atoms. The summed E-state index contributed by atoms with van der Waals surface area (Å²) in [4.78, 5) is 8.75. The highest BCUT2D eigenvalue weighted by Crippen LogP contribution is 2.24. The van der Waals surface area contributed by atoms with E-state index in [9.17, 15) is 5.26 Å². The average molecular weight is 272 g/mol. The highest BCUT2D eigenvalue weighted by molar-refractivity contribution is 5.82. The van der Waals surface area contributed by atoms with Crippen molar-refractivity contribution in [2.75, 3.05) is 39.1 Å². The Bertz CT molecular complexity index is 664. The van der Waals surface area contributed by atoms with Crippen molar-refractivity contribution in [1.29, 1.82) is 5.26 Å². The molecule has 106 valence electrons. The third kappa shape index (κ3) is 2.58. The molecule has 2 aromatic heterocycles. The van der Waals surface area contributed by atoms with Crippen LogP contribution in [-0.4, -0.2) is 53.9 Å². The number of pyridine rings is 1. The number of likely N-dealkylation sites (N-methyl/N-ethyl adjacent to an activating group) is 2. The summed E-state index contributed by atoms with van der Waals surface area (Å²) < 4.78 is 1.76. The number of hydrogen-bond donors (Lipinski definition) is 0. The number of hydrogen-bond acceptors (Lipinski definition) is 5. The van der Waals surface area contributed by atoms with Crippen LogP contribution in [0.15, 0.2) is 6.07 Å². The fourth-order valence-corrected chi connectivity index (χ4v) is 2.16. The zero-order valence-electron chi connectivity index (χ0n) is 12.7. The molecular weight excluding hydrogens is 252 g/mol. The molecule has 0 unspecified atom stereocenters. The number of aryl methyl sites for hydroxylation is 2. The van der Waals surface area contributed by atoms with Crippen LogP contribution in [0.3, 0.4) is 0 Å². The molecule has 20 heavy (non-hydrogen) atoms. The minimum atomic E-state index is 0.592. The first-order chi connectivity index (χ1) is 9.43. The molecule has 0 atom stereocenters. The summed E-state index contributed by atoms with van der Waals surface area (Å²) in [6.45, 7) is 3.66. The van der Waals surface area contributed by atoms with Gasteiger partial charge in [-0.3, -0.25) is 4.68 Å². The molecule has 0 aliphatic carbocycles. The maximum Gasteiger partial charge on any atom is 0.160 e. The standard InChI is InChI=1S/C14H20N6/c1-10-12-8-11(9-15)13(16-14(12)20(5)17-10)19(4)7-6-18(2)3/h8H,6-7H2,1-5H3. The summed E-state index contributed by atoms with van der Waals surface area (Å²) in [7, 11) is 7.89. The van der Waals surface area contributed by atoms with Crippen LogP contribution in [0.2, 0.25) is 0 Å². The van der Waals surface area contributed by atoms with Crippen molar-refractivity contribution < 1.29 is 0 Å². The largest absolute Gasteiger partial charge is 0.357 e. The molecule has 2 heterocycles. The summed E-state index contributed by atoms with van der Waals surface area (Å²) in [5.41, 5.74) is 2.30. The van der Waals surface area contributed by atoms with Crippen LogP contribution in [0.1, 0.15) is 11.3 Å². The molecule has 0 N–H and O–H groups in total. The minimum absolute atomic E-state index is 0.592. The molecule has 0 aliphatic rings. The van der Waals surface area contributed by atoms with Crippen molar-refractivity contribution >= 4 is 16.9 Å². The topological polar surface area (TPSA) is 61.0 Å². The Morgan fingerprint density at radius 3 is 2.60 bits per heavy atom. The number of nitriles is 1. The lowest BCUT2D eigenvalue weighted by molar-refractivity contribution is 0.416. The summed E-state index contributed by atoms with van der Waals surface area (Å²) >= 11 is 0. The molecule has 0 aliphatic heterocycles. The van der Waals surface area contributed by atoms with Crippen LogP contribution in [-0.2, 0) is 7.05 Å². The van der Waals surface area contributed by atoms with E-state index in [-0.39, 0.29) is 0 Å². The molecule has 2 aromatic rings. The fraction of sp³-hybridized carbons (Fsp3) is 0.500. The van der Waals surface area contributed by atoms with Crippen molar-refractivity contribution in [3.63, 3.8) is 0 Å². The number of anilines is 1.